The maximum Gasteiger partial charge on any atom is 0.313 e. The van der Waals surface area contributed by atoms with Gasteiger partial charge in [0.1, 0.15) is 36.8 Å². The normalized spacial score (nSPS) is 23.0. The fraction of sp³-hybridized carbons (Fsp3) is 0.444. The van der Waals surface area contributed by atoms with E-state index in [-0.39, 0.29) is 25.4 Å². The summed E-state index contributed by atoms with van der Waals surface area (Å²) < 4.78 is 24.5. The van der Waals surface area contributed by atoms with Gasteiger partial charge in [-0.3, -0.25) is 14.6 Å². The van der Waals surface area contributed by atoms with Crippen LogP contribution in [0.3, 0.4) is 0 Å². The van der Waals surface area contributed by atoms with Crippen molar-refractivity contribution >= 4 is 30.0 Å². The molecule has 0 aliphatic carbocycles. The van der Waals surface area contributed by atoms with Crippen LogP contribution in [-0.4, -0.2) is 76.6 Å². The molecule has 12 nitrogen and oxygen atoms in total. The molecule has 3 aromatic rings. The average molecular weight is 540 g/mol. The number of rotatable bonds is 10. The number of benzene rings is 1. The number of hydrogen-bond donors (Lipinski definition) is 2. The molecule has 0 unspecified atom stereocenters. The van der Waals surface area contributed by atoms with Crippen LogP contribution in [0, 0.1) is 5.41 Å². The Kier molecular flexibility index (Phi) is 8.28. The third-order valence-corrected chi connectivity index (χ3v) is 6.44. The van der Waals surface area contributed by atoms with Crippen LogP contribution in [0.25, 0.3) is 5.52 Å². The Morgan fingerprint density at radius 1 is 1.21 bits per heavy atom. The van der Waals surface area contributed by atoms with Gasteiger partial charge in [0.2, 0.25) is 0 Å². The van der Waals surface area contributed by atoms with Crippen molar-refractivity contribution in [2.45, 2.75) is 51.1 Å². The van der Waals surface area contributed by atoms with Crippen LogP contribution >= 0.6 is 0 Å². The summed E-state index contributed by atoms with van der Waals surface area (Å²) in [7, 11) is 0. The number of nitrogen functional groups attached to an aromatic ring is 1. The molecular formula is C27H33N5O7. The van der Waals surface area contributed by atoms with E-state index in [4.69, 9.17) is 24.7 Å². The molecule has 2 aromatic heterocycles. The molecule has 4 atom stereocenters. The van der Waals surface area contributed by atoms with Crippen LogP contribution in [0.2, 0.25) is 0 Å². The predicted octanol–water partition coefficient (Wildman–Crippen LogP) is 1.68. The van der Waals surface area contributed by atoms with Gasteiger partial charge in [-0.25, -0.2) is 9.50 Å². The van der Waals surface area contributed by atoms with E-state index in [1.165, 1.54) is 10.8 Å². The van der Waals surface area contributed by atoms with Crippen molar-refractivity contribution in [3.63, 3.8) is 0 Å². The van der Waals surface area contributed by atoms with Gasteiger partial charge < -0.3 is 29.8 Å². The third-order valence-electron chi connectivity index (χ3n) is 6.44. The van der Waals surface area contributed by atoms with Crippen molar-refractivity contribution in [1.82, 2.24) is 14.6 Å². The second kappa shape index (κ2) is 11.5. The summed E-state index contributed by atoms with van der Waals surface area (Å²) in [5.74, 6) is -0.727. The first-order valence-corrected chi connectivity index (χ1v) is 12.4. The average Bonchev–Trinajstić information content (AvgIpc) is 3.44. The zero-order chi connectivity index (χ0) is 28.2. The van der Waals surface area contributed by atoms with Crippen molar-refractivity contribution in [1.29, 1.82) is 0 Å². The Morgan fingerprint density at radius 3 is 2.64 bits per heavy atom. The standard InChI is InChI=1S/C27H33N5O7/c1-26(2,3)25(35)38-16-37-22-19(13-36-21(33)12-17-8-6-5-7-9-17)39-27(14-29-4,23(22)34)20-11-10-18-24(28)30-15-31-32(18)20/h5-11,15,19,22-23,34H,4,12-14,16H2,1-3H3,(H2,28,30,31)/t19-,22-,23-,27+/m1/s1. The van der Waals surface area contributed by atoms with Crippen LogP contribution in [0.15, 0.2) is 53.8 Å². The molecule has 0 bridgehead atoms. The molecule has 0 radical (unpaired) electrons. The number of anilines is 1. The molecule has 0 saturated carbocycles. The van der Waals surface area contributed by atoms with E-state index in [0.717, 1.165) is 5.56 Å². The van der Waals surface area contributed by atoms with Gasteiger partial charge in [-0.05, 0) is 45.2 Å². The van der Waals surface area contributed by atoms with Gasteiger partial charge in [0.05, 0.1) is 24.1 Å². The van der Waals surface area contributed by atoms with E-state index < -0.39 is 48.1 Å². The minimum atomic E-state index is -1.50. The van der Waals surface area contributed by atoms with Crippen molar-refractivity contribution in [3.05, 3.63) is 60.0 Å². The molecule has 0 spiro atoms. The fourth-order valence-corrected chi connectivity index (χ4v) is 4.44. The van der Waals surface area contributed by atoms with Crippen molar-refractivity contribution < 1.29 is 33.6 Å². The Bertz CT molecular complexity index is 1320. The lowest BCUT2D eigenvalue weighted by Crippen LogP contribution is -2.45. The summed E-state index contributed by atoms with van der Waals surface area (Å²) in [5, 5.41) is 15.9. The fourth-order valence-electron chi connectivity index (χ4n) is 4.44. The molecule has 4 rings (SSSR count). The summed E-state index contributed by atoms with van der Waals surface area (Å²) >= 11 is 0. The van der Waals surface area contributed by atoms with Crippen LogP contribution in [-0.2, 0) is 40.6 Å². The highest BCUT2D eigenvalue weighted by Gasteiger charge is 2.58. The zero-order valence-electron chi connectivity index (χ0n) is 22.1. The van der Waals surface area contributed by atoms with E-state index in [1.54, 1.807) is 32.9 Å². The molecule has 1 aliphatic heterocycles. The second-order valence-corrected chi connectivity index (χ2v) is 10.3. The van der Waals surface area contributed by atoms with Crippen molar-refractivity contribution in [2.75, 3.05) is 25.7 Å². The SMILES string of the molecule is C=NC[C@@]1(c2ccc3c(N)ncnn23)O[C@H](COC(=O)Cc2ccccc2)[C@@H](OCOC(=O)C(C)(C)C)[C@H]1O. The van der Waals surface area contributed by atoms with E-state index in [1.807, 2.05) is 30.3 Å². The summed E-state index contributed by atoms with van der Waals surface area (Å²) in [5.41, 5.74) is 5.47. The van der Waals surface area contributed by atoms with Crippen molar-refractivity contribution in [2.24, 2.45) is 10.4 Å². The number of fused-ring (bicyclic) bond motifs is 1. The Morgan fingerprint density at radius 2 is 1.95 bits per heavy atom. The lowest BCUT2D eigenvalue weighted by atomic mass is 9.91. The minimum absolute atomic E-state index is 0.0593. The number of aromatic nitrogens is 3. The van der Waals surface area contributed by atoms with Gasteiger partial charge in [-0.15, -0.1) is 0 Å². The molecule has 208 valence electrons. The molecule has 3 heterocycles. The summed E-state index contributed by atoms with van der Waals surface area (Å²) in [6.07, 6.45) is -2.01. The lowest BCUT2D eigenvalue weighted by Gasteiger charge is -2.30. The number of nitrogens with zero attached hydrogens (tertiary/aromatic N) is 4. The molecule has 1 aliphatic rings. The number of aliphatic hydroxyl groups excluding tert-OH is 1. The molecule has 3 N–H and O–H groups in total. The zero-order valence-corrected chi connectivity index (χ0v) is 22.1. The second-order valence-electron chi connectivity index (χ2n) is 10.3. The van der Waals surface area contributed by atoms with Crippen LogP contribution in [0.4, 0.5) is 5.82 Å². The lowest BCUT2D eigenvalue weighted by molar-refractivity contribution is -0.178. The Hall–Kier alpha value is -3.87. The molecule has 39 heavy (non-hydrogen) atoms. The predicted molar refractivity (Wildman–Crippen MR) is 141 cm³/mol. The summed E-state index contributed by atoms with van der Waals surface area (Å²) in [6, 6.07) is 12.5. The summed E-state index contributed by atoms with van der Waals surface area (Å²) in [4.78, 5) is 32.9. The van der Waals surface area contributed by atoms with Gasteiger partial charge in [-0.1, -0.05) is 30.3 Å². The number of esters is 2. The highest BCUT2D eigenvalue weighted by Crippen LogP contribution is 2.42. The van der Waals surface area contributed by atoms with E-state index >= 15 is 0 Å². The summed E-state index contributed by atoms with van der Waals surface area (Å²) in [6.45, 7) is 7.96. The number of ether oxygens (including phenoxy) is 4. The first-order valence-electron chi connectivity index (χ1n) is 12.4. The van der Waals surface area contributed by atoms with E-state index in [0.29, 0.717) is 11.2 Å². The van der Waals surface area contributed by atoms with Gasteiger partial charge in [0.25, 0.3) is 0 Å². The van der Waals surface area contributed by atoms with Crippen LogP contribution < -0.4 is 5.73 Å². The number of hydrogen-bond acceptors (Lipinski definition) is 11. The molecule has 1 fully saturated rings. The molecule has 12 heteroatoms. The first-order chi connectivity index (χ1) is 18.6. The topological polar surface area (TPSA) is 160 Å². The monoisotopic (exact) mass is 539 g/mol. The van der Waals surface area contributed by atoms with Gasteiger partial charge in [-0.2, -0.15) is 5.10 Å². The Balaban J connectivity index is 1.60. The van der Waals surface area contributed by atoms with Crippen molar-refractivity contribution in [3.8, 4) is 0 Å². The highest BCUT2D eigenvalue weighted by atomic mass is 16.7. The third kappa shape index (κ3) is 5.92. The van der Waals surface area contributed by atoms with E-state index in [2.05, 4.69) is 21.8 Å². The molecule has 1 saturated heterocycles. The van der Waals surface area contributed by atoms with Gasteiger partial charge >= 0.3 is 11.9 Å². The number of nitrogens with two attached hydrogens (primary N) is 1. The molecule has 0 amide bonds. The van der Waals surface area contributed by atoms with Gasteiger partial charge in [0, 0.05) is 0 Å². The van der Waals surface area contributed by atoms with E-state index in [9.17, 15) is 14.7 Å². The van der Waals surface area contributed by atoms with Gasteiger partial charge in [0.15, 0.2) is 18.2 Å². The Labute approximate surface area is 225 Å². The number of carbonyl (C=O) groups excluding carboxylic acids is 2. The molecule has 1 aromatic carbocycles. The number of aliphatic hydroxyl groups is 1. The van der Waals surface area contributed by atoms with Crippen LogP contribution in [0.1, 0.15) is 32.0 Å². The van der Waals surface area contributed by atoms with Crippen LogP contribution in [0.5, 0.6) is 0 Å². The molecular weight excluding hydrogens is 506 g/mol. The maximum atomic E-state index is 12.6. The first kappa shape index (κ1) is 28.1. The smallest absolute Gasteiger partial charge is 0.313 e. The minimum Gasteiger partial charge on any atom is -0.463 e. The largest absolute Gasteiger partial charge is 0.463 e. The maximum absolute atomic E-state index is 12.6. The highest BCUT2D eigenvalue weighted by molar-refractivity contribution is 5.75. The number of carbonyl (C=O) groups is 2. The number of aliphatic imine (C=N–C) groups is 1. The quantitative estimate of drug-likeness (QED) is 0.220.